The highest BCUT2D eigenvalue weighted by atomic mass is 19.1. The van der Waals surface area contributed by atoms with Crippen molar-refractivity contribution in [3.8, 4) is 0 Å². The van der Waals surface area contributed by atoms with E-state index in [0.717, 1.165) is 11.8 Å². The maximum atomic E-state index is 13.3. The molecule has 1 aromatic carbocycles. The van der Waals surface area contributed by atoms with Gasteiger partial charge < -0.3 is 0 Å². The number of aromatic nitrogens is 1. The molecule has 0 spiro atoms. The van der Waals surface area contributed by atoms with Crippen LogP contribution in [0.2, 0.25) is 0 Å². The van der Waals surface area contributed by atoms with Crippen LogP contribution in [0.3, 0.4) is 0 Å². The van der Waals surface area contributed by atoms with Gasteiger partial charge in [0, 0.05) is 30.9 Å². The molecule has 6 heteroatoms. The lowest BCUT2D eigenvalue weighted by molar-refractivity contribution is -0.385. The van der Waals surface area contributed by atoms with Crippen LogP contribution in [0.25, 0.3) is 0 Å². The van der Waals surface area contributed by atoms with Gasteiger partial charge in [-0.3, -0.25) is 20.0 Å². The van der Waals surface area contributed by atoms with Gasteiger partial charge in [0.15, 0.2) is 0 Å². The van der Waals surface area contributed by atoms with Crippen molar-refractivity contribution in [3.05, 3.63) is 69.8 Å². The summed E-state index contributed by atoms with van der Waals surface area (Å²) in [6.07, 6.45) is 1.70. The van der Waals surface area contributed by atoms with Gasteiger partial charge in [-0.05, 0) is 30.8 Å². The van der Waals surface area contributed by atoms with Crippen molar-refractivity contribution < 1.29 is 9.31 Å². The third kappa shape index (κ3) is 4.06. The van der Waals surface area contributed by atoms with E-state index < -0.39 is 10.7 Å². The van der Waals surface area contributed by atoms with Crippen LogP contribution in [0.1, 0.15) is 18.2 Å². The number of nitro benzene ring substituents is 1. The van der Waals surface area contributed by atoms with E-state index in [4.69, 9.17) is 0 Å². The summed E-state index contributed by atoms with van der Waals surface area (Å²) in [5.41, 5.74) is 1.19. The van der Waals surface area contributed by atoms with E-state index in [2.05, 4.69) is 4.98 Å². The highest BCUT2D eigenvalue weighted by Gasteiger charge is 2.17. The number of nitro groups is 1. The fourth-order valence-electron chi connectivity index (χ4n) is 2.10. The van der Waals surface area contributed by atoms with Crippen LogP contribution in [-0.4, -0.2) is 21.4 Å². The Morgan fingerprint density at radius 2 is 2.10 bits per heavy atom. The number of hydrogen-bond donors (Lipinski definition) is 0. The summed E-state index contributed by atoms with van der Waals surface area (Å²) in [5.74, 6) is -0.468. The van der Waals surface area contributed by atoms with Crippen molar-refractivity contribution in [1.29, 1.82) is 0 Å². The zero-order chi connectivity index (χ0) is 15.2. The van der Waals surface area contributed by atoms with Crippen LogP contribution in [0.4, 0.5) is 10.1 Å². The number of pyridine rings is 1. The largest absolute Gasteiger partial charge is 0.293 e. The Morgan fingerprint density at radius 1 is 1.29 bits per heavy atom. The first-order valence-electron chi connectivity index (χ1n) is 6.65. The number of halogens is 1. The summed E-state index contributed by atoms with van der Waals surface area (Å²) >= 11 is 0. The number of rotatable bonds is 6. The van der Waals surface area contributed by atoms with Crippen LogP contribution < -0.4 is 0 Å². The summed E-state index contributed by atoms with van der Waals surface area (Å²) in [4.78, 5) is 16.7. The maximum Gasteiger partial charge on any atom is 0.274 e. The summed E-state index contributed by atoms with van der Waals surface area (Å²) in [7, 11) is 0. The van der Waals surface area contributed by atoms with Gasteiger partial charge in [-0.1, -0.05) is 13.0 Å². The summed E-state index contributed by atoms with van der Waals surface area (Å²) in [5, 5.41) is 11.0. The summed E-state index contributed by atoms with van der Waals surface area (Å²) < 4.78 is 13.3. The topological polar surface area (TPSA) is 59.3 Å². The van der Waals surface area contributed by atoms with Gasteiger partial charge in [0.05, 0.1) is 10.6 Å². The first-order chi connectivity index (χ1) is 10.1. The maximum absolute atomic E-state index is 13.3. The van der Waals surface area contributed by atoms with E-state index in [0.29, 0.717) is 25.2 Å². The Bertz CT molecular complexity index is 620. The van der Waals surface area contributed by atoms with Gasteiger partial charge in [-0.25, -0.2) is 4.39 Å². The first-order valence-corrected chi connectivity index (χ1v) is 6.65. The second-order valence-corrected chi connectivity index (χ2v) is 4.65. The van der Waals surface area contributed by atoms with Gasteiger partial charge in [0.2, 0.25) is 0 Å². The molecule has 0 atom stereocenters. The van der Waals surface area contributed by atoms with Crippen molar-refractivity contribution in [2.75, 3.05) is 6.54 Å². The fraction of sp³-hybridized carbons (Fsp3) is 0.267. The molecule has 5 nitrogen and oxygen atoms in total. The molecule has 0 saturated carbocycles. The normalized spacial score (nSPS) is 10.8. The Hall–Kier alpha value is -2.34. The van der Waals surface area contributed by atoms with Gasteiger partial charge in [-0.2, -0.15) is 0 Å². The minimum Gasteiger partial charge on any atom is -0.293 e. The molecular weight excluding hydrogens is 273 g/mol. The van der Waals surface area contributed by atoms with Gasteiger partial charge in [0.25, 0.3) is 5.69 Å². The minimum absolute atomic E-state index is 0.0594. The Labute approximate surface area is 122 Å². The van der Waals surface area contributed by atoms with Crippen molar-refractivity contribution in [1.82, 2.24) is 9.88 Å². The molecule has 0 saturated heterocycles. The molecule has 0 N–H and O–H groups in total. The standard InChI is InChI=1S/C15H16FN3O2/c1-2-18(11-14-5-3-4-8-17-14)10-12-9-13(16)6-7-15(12)19(20)21/h3-9H,2,10-11H2,1H3. The molecule has 0 aliphatic carbocycles. The molecule has 0 bridgehead atoms. The molecule has 21 heavy (non-hydrogen) atoms. The van der Waals surface area contributed by atoms with E-state index >= 15 is 0 Å². The van der Waals surface area contributed by atoms with E-state index in [1.807, 2.05) is 30.0 Å². The van der Waals surface area contributed by atoms with Crippen LogP contribution in [0.15, 0.2) is 42.6 Å². The van der Waals surface area contributed by atoms with Crippen LogP contribution in [0, 0.1) is 15.9 Å². The molecular formula is C15H16FN3O2. The fourth-order valence-corrected chi connectivity index (χ4v) is 2.10. The van der Waals surface area contributed by atoms with E-state index in [1.165, 1.54) is 12.1 Å². The van der Waals surface area contributed by atoms with Gasteiger partial charge in [0.1, 0.15) is 5.82 Å². The van der Waals surface area contributed by atoms with Crippen molar-refractivity contribution in [2.24, 2.45) is 0 Å². The quantitative estimate of drug-likeness (QED) is 0.605. The van der Waals surface area contributed by atoms with Crippen molar-refractivity contribution >= 4 is 5.69 Å². The molecule has 2 rings (SSSR count). The summed E-state index contributed by atoms with van der Waals surface area (Å²) in [6, 6.07) is 9.15. The molecule has 0 unspecified atom stereocenters. The van der Waals surface area contributed by atoms with Crippen LogP contribution in [0.5, 0.6) is 0 Å². The molecule has 1 heterocycles. The lowest BCUT2D eigenvalue weighted by atomic mass is 10.1. The molecule has 2 aromatic rings. The second-order valence-electron chi connectivity index (χ2n) is 4.65. The Morgan fingerprint density at radius 3 is 2.71 bits per heavy atom. The first kappa shape index (κ1) is 15.1. The lowest BCUT2D eigenvalue weighted by Crippen LogP contribution is -2.23. The molecule has 1 aromatic heterocycles. The zero-order valence-corrected chi connectivity index (χ0v) is 11.7. The highest BCUT2D eigenvalue weighted by molar-refractivity contribution is 5.40. The van der Waals surface area contributed by atoms with E-state index in [9.17, 15) is 14.5 Å². The van der Waals surface area contributed by atoms with Crippen molar-refractivity contribution in [2.45, 2.75) is 20.0 Å². The number of benzene rings is 1. The average molecular weight is 289 g/mol. The molecule has 0 aliphatic rings. The van der Waals surface area contributed by atoms with E-state index in [-0.39, 0.29) is 5.69 Å². The van der Waals surface area contributed by atoms with Gasteiger partial charge in [-0.15, -0.1) is 0 Å². The highest BCUT2D eigenvalue weighted by Crippen LogP contribution is 2.21. The molecule has 110 valence electrons. The van der Waals surface area contributed by atoms with Crippen LogP contribution in [-0.2, 0) is 13.1 Å². The molecule has 0 aliphatic heterocycles. The SMILES string of the molecule is CCN(Cc1ccccn1)Cc1cc(F)ccc1[N+](=O)[O-]. The predicted octanol–water partition coefficient (Wildman–Crippen LogP) is 3.15. The zero-order valence-electron chi connectivity index (χ0n) is 11.7. The lowest BCUT2D eigenvalue weighted by Gasteiger charge is -2.20. The molecule has 0 fully saturated rings. The van der Waals surface area contributed by atoms with E-state index in [1.54, 1.807) is 6.20 Å². The molecule has 0 amide bonds. The number of nitrogens with zero attached hydrogens (tertiary/aromatic N) is 3. The minimum atomic E-state index is -0.483. The third-order valence-electron chi connectivity index (χ3n) is 3.19. The number of hydrogen-bond acceptors (Lipinski definition) is 4. The van der Waals surface area contributed by atoms with Crippen molar-refractivity contribution in [3.63, 3.8) is 0 Å². The third-order valence-corrected chi connectivity index (χ3v) is 3.19. The average Bonchev–Trinajstić information content (AvgIpc) is 2.47. The Balaban J connectivity index is 2.18. The predicted molar refractivity (Wildman–Crippen MR) is 77.1 cm³/mol. The Kier molecular flexibility index (Phi) is 4.94. The smallest absolute Gasteiger partial charge is 0.274 e. The molecule has 0 radical (unpaired) electrons. The van der Waals surface area contributed by atoms with Crippen LogP contribution >= 0.6 is 0 Å². The van der Waals surface area contributed by atoms with Gasteiger partial charge >= 0.3 is 0 Å². The summed E-state index contributed by atoms with van der Waals surface area (Å²) in [6.45, 7) is 3.50. The second kappa shape index (κ2) is 6.90. The monoisotopic (exact) mass is 289 g/mol.